The summed E-state index contributed by atoms with van der Waals surface area (Å²) in [5, 5.41) is 15.4. The fraction of sp³-hybridized carbons (Fsp3) is 0.250. The predicted octanol–water partition coefficient (Wildman–Crippen LogP) is 3.86. The summed E-state index contributed by atoms with van der Waals surface area (Å²) in [6, 6.07) is 19.7. The van der Waals surface area contributed by atoms with Gasteiger partial charge in [-0.25, -0.2) is 0 Å². The number of nitrogens with one attached hydrogen (secondary N) is 1. The second kappa shape index (κ2) is 7.16. The lowest BCUT2D eigenvalue weighted by molar-refractivity contribution is -0.0288. The van der Waals surface area contributed by atoms with Gasteiger partial charge in [0.05, 0.1) is 5.70 Å². The van der Waals surface area contributed by atoms with Crippen LogP contribution in [0.4, 0.5) is 0 Å². The van der Waals surface area contributed by atoms with Gasteiger partial charge in [-0.1, -0.05) is 74.0 Å². The number of hydrogen-bond donors (Lipinski definition) is 2. The Labute approximate surface area is 148 Å². The average Bonchev–Trinajstić information content (AvgIpc) is 2.86. The van der Waals surface area contributed by atoms with Crippen LogP contribution in [0.15, 0.2) is 66.4 Å². The third-order valence-corrected chi connectivity index (χ3v) is 4.60. The molecule has 4 heteroatoms. The molecule has 0 amide bonds. The second-order valence-corrected chi connectivity index (χ2v) is 6.33. The molecule has 0 spiro atoms. The Bertz CT molecular complexity index is 730. The molecule has 3 rings (SSSR count). The minimum atomic E-state index is -1.26. The van der Waals surface area contributed by atoms with Crippen molar-refractivity contribution in [3.05, 3.63) is 77.5 Å². The molecule has 1 saturated heterocycles. The van der Waals surface area contributed by atoms with Gasteiger partial charge >= 0.3 is 0 Å². The van der Waals surface area contributed by atoms with Crippen LogP contribution in [0.25, 0.3) is 6.08 Å². The van der Waals surface area contributed by atoms with E-state index in [-0.39, 0.29) is 0 Å². The molecule has 2 aromatic rings. The molecule has 1 atom stereocenters. The van der Waals surface area contributed by atoms with Crippen LogP contribution in [0.5, 0.6) is 0 Å². The van der Waals surface area contributed by atoms with Crippen LogP contribution in [0.3, 0.4) is 0 Å². The molecule has 0 aromatic heterocycles. The molecular weight excluding hydrogens is 316 g/mol. The largest absolute Gasteiger partial charge is 0.362 e. The topological polar surface area (TPSA) is 35.5 Å². The molecule has 1 aliphatic heterocycles. The number of hydrogen-bond acceptors (Lipinski definition) is 2. The molecule has 2 aromatic carbocycles. The van der Waals surface area contributed by atoms with Crippen LogP contribution in [-0.2, 0) is 5.72 Å². The third-order valence-electron chi connectivity index (χ3n) is 4.28. The van der Waals surface area contributed by atoms with Crippen molar-refractivity contribution in [1.29, 1.82) is 0 Å². The first-order chi connectivity index (χ1) is 11.7. The summed E-state index contributed by atoms with van der Waals surface area (Å²) in [5.74, 6) is 0. The molecule has 1 unspecified atom stereocenters. The zero-order chi connectivity index (χ0) is 17.0. The SMILES string of the molecule is CCCCN1C(=S)N/C(=C\c2ccccc2)C1(O)c1ccccc1. The first-order valence-corrected chi connectivity index (χ1v) is 8.71. The van der Waals surface area contributed by atoms with Crippen LogP contribution in [0, 0.1) is 0 Å². The van der Waals surface area contributed by atoms with Gasteiger partial charge in [0.15, 0.2) is 5.11 Å². The average molecular weight is 338 g/mol. The van der Waals surface area contributed by atoms with Crippen molar-refractivity contribution < 1.29 is 5.11 Å². The molecule has 2 N–H and O–H groups in total. The molecule has 1 heterocycles. The number of thiocarbonyl (C=S) groups is 1. The summed E-state index contributed by atoms with van der Waals surface area (Å²) in [5.41, 5.74) is 1.27. The van der Waals surface area contributed by atoms with E-state index >= 15 is 0 Å². The van der Waals surface area contributed by atoms with Gasteiger partial charge in [0.1, 0.15) is 0 Å². The van der Waals surface area contributed by atoms with Gasteiger partial charge in [-0.15, -0.1) is 0 Å². The fourth-order valence-electron chi connectivity index (χ4n) is 2.98. The monoisotopic (exact) mass is 338 g/mol. The van der Waals surface area contributed by atoms with E-state index in [9.17, 15) is 5.11 Å². The molecule has 1 aliphatic rings. The molecular formula is C20H22N2OS. The molecule has 0 saturated carbocycles. The molecule has 124 valence electrons. The molecule has 1 fully saturated rings. The van der Waals surface area contributed by atoms with Crippen LogP contribution in [0.1, 0.15) is 30.9 Å². The summed E-state index contributed by atoms with van der Waals surface area (Å²) >= 11 is 5.51. The van der Waals surface area contributed by atoms with Gasteiger partial charge in [-0.2, -0.15) is 0 Å². The Kier molecular flexibility index (Phi) is 4.97. The molecule has 24 heavy (non-hydrogen) atoms. The van der Waals surface area contributed by atoms with Crippen molar-refractivity contribution in [3.8, 4) is 0 Å². The van der Waals surface area contributed by atoms with E-state index in [1.54, 1.807) is 0 Å². The van der Waals surface area contributed by atoms with Crippen LogP contribution >= 0.6 is 12.2 Å². The minimum Gasteiger partial charge on any atom is -0.362 e. The van der Waals surface area contributed by atoms with Crippen LogP contribution in [0.2, 0.25) is 0 Å². The predicted molar refractivity (Wildman–Crippen MR) is 102 cm³/mol. The maximum Gasteiger partial charge on any atom is 0.208 e. The van der Waals surface area contributed by atoms with E-state index in [4.69, 9.17) is 12.2 Å². The Morgan fingerprint density at radius 2 is 1.71 bits per heavy atom. The highest BCUT2D eigenvalue weighted by Crippen LogP contribution is 2.38. The highest BCUT2D eigenvalue weighted by molar-refractivity contribution is 7.80. The Balaban J connectivity index is 2.07. The second-order valence-electron chi connectivity index (χ2n) is 5.94. The maximum atomic E-state index is 11.6. The van der Waals surface area contributed by atoms with E-state index in [0.29, 0.717) is 17.4 Å². The Hall–Kier alpha value is -2.17. The van der Waals surface area contributed by atoms with E-state index in [1.165, 1.54) is 0 Å². The first kappa shape index (κ1) is 16.7. The van der Waals surface area contributed by atoms with Gasteiger partial charge in [-0.3, -0.25) is 0 Å². The Morgan fingerprint density at radius 3 is 2.33 bits per heavy atom. The maximum absolute atomic E-state index is 11.6. The zero-order valence-electron chi connectivity index (χ0n) is 13.8. The van der Waals surface area contributed by atoms with Crippen molar-refractivity contribution in [2.24, 2.45) is 0 Å². The molecule has 0 bridgehead atoms. The zero-order valence-corrected chi connectivity index (χ0v) is 14.6. The van der Waals surface area contributed by atoms with Crippen molar-refractivity contribution in [2.75, 3.05) is 6.54 Å². The molecule has 3 nitrogen and oxygen atoms in total. The normalized spacial score (nSPS) is 22.0. The number of nitrogens with zero attached hydrogens (tertiary/aromatic N) is 1. The van der Waals surface area contributed by atoms with Crippen molar-refractivity contribution >= 4 is 23.4 Å². The van der Waals surface area contributed by atoms with Gasteiger partial charge in [0.2, 0.25) is 5.72 Å². The lowest BCUT2D eigenvalue weighted by Crippen LogP contribution is -2.44. The molecule has 0 radical (unpaired) electrons. The quantitative estimate of drug-likeness (QED) is 0.812. The van der Waals surface area contributed by atoms with Gasteiger partial charge < -0.3 is 15.3 Å². The summed E-state index contributed by atoms with van der Waals surface area (Å²) in [4.78, 5) is 1.88. The van der Waals surface area contributed by atoms with Crippen molar-refractivity contribution in [3.63, 3.8) is 0 Å². The lowest BCUT2D eigenvalue weighted by Gasteiger charge is -2.34. The Morgan fingerprint density at radius 1 is 1.08 bits per heavy atom. The first-order valence-electron chi connectivity index (χ1n) is 8.30. The van der Waals surface area contributed by atoms with Gasteiger partial charge in [0, 0.05) is 12.1 Å². The summed E-state index contributed by atoms with van der Waals surface area (Å²) in [6.07, 6.45) is 3.97. The van der Waals surface area contributed by atoms with Gasteiger partial charge in [0.25, 0.3) is 0 Å². The summed E-state index contributed by atoms with van der Waals surface area (Å²) < 4.78 is 0. The summed E-state index contributed by atoms with van der Waals surface area (Å²) in [6.45, 7) is 2.84. The van der Waals surface area contributed by atoms with E-state index in [0.717, 1.165) is 24.0 Å². The van der Waals surface area contributed by atoms with Crippen molar-refractivity contribution in [1.82, 2.24) is 10.2 Å². The van der Waals surface area contributed by atoms with Crippen LogP contribution < -0.4 is 5.32 Å². The smallest absolute Gasteiger partial charge is 0.208 e. The highest BCUT2D eigenvalue weighted by atomic mass is 32.1. The lowest BCUT2D eigenvalue weighted by atomic mass is 9.97. The molecule has 0 aliphatic carbocycles. The number of aliphatic hydroxyl groups is 1. The number of benzene rings is 2. The van der Waals surface area contributed by atoms with E-state index in [2.05, 4.69) is 12.2 Å². The number of unbranched alkanes of at least 4 members (excludes halogenated alkanes) is 1. The standard InChI is InChI=1S/C20H22N2OS/c1-2-3-14-22-19(24)21-18(15-16-10-6-4-7-11-16)20(22,23)17-12-8-5-9-13-17/h4-13,15,23H,2-3,14H2,1H3,(H,21,24)/b18-15-. The van der Waals surface area contributed by atoms with E-state index in [1.807, 2.05) is 71.6 Å². The third kappa shape index (κ3) is 3.07. The number of rotatable bonds is 5. The summed E-state index contributed by atoms with van der Waals surface area (Å²) in [7, 11) is 0. The van der Waals surface area contributed by atoms with Crippen LogP contribution in [-0.4, -0.2) is 21.7 Å². The highest BCUT2D eigenvalue weighted by Gasteiger charge is 2.47. The van der Waals surface area contributed by atoms with Gasteiger partial charge in [-0.05, 0) is 30.3 Å². The van der Waals surface area contributed by atoms with E-state index < -0.39 is 5.72 Å². The minimum absolute atomic E-state index is 0.567. The van der Waals surface area contributed by atoms with Crippen molar-refractivity contribution in [2.45, 2.75) is 25.5 Å². The fourth-order valence-corrected chi connectivity index (χ4v) is 3.31.